The Balaban J connectivity index is 2.04. The summed E-state index contributed by atoms with van der Waals surface area (Å²) in [6.45, 7) is 14.7. The van der Waals surface area contributed by atoms with Gasteiger partial charge in [-0.1, -0.05) is 45.0 Å². The van der Waals surface area contributed by atoms with Crippen molar-refractivity contribution >= 4 is 0 Å². The summed E-state index contributed by atoms with van der Waals surface area (Å²) in [5.74, 6) is 0.616. The number of hydrogen-bond donors (Lipinski definition) is 1. The van der Waals surface area contributed by atoms with E-state index >= 15 is 0 Å². The van der Waals surface area contributed by atoms with Crippen LogP contribution in [0.25, 0.3) is 0 Å². The molecule has 1 saturated heterocycles. The molecule has 1 fully saturated rings. The molecule has 2 nitrogen and oxygen atoms in total. The molecule has 1 heterocycles. The third kappa shape index (κ3) is 3.62. The third-order valence-corrected chi connectivity index (χ3v) is 4.81. The number of nitrogens with one attached hydrogen (secondary N) is 1. The molecule has 2 rings (SSSR count). The van der Waals surface area contributed by atoms with E-state index < -0.39 is 0 Å². The molecule has 1 aromatic rings. The summed E-state index contributed by atoms with van der Waals surface area (Å²) >= 11 is 0. The lowest BCUT2D eigenvalue weighted by Crippen LogP contribution is -2.61. The van der Waals surface area contributed by atoms with Crippen molar-refractivity contribution < 1.29 is 0 Å². The average Bonchev–Trinajstić information content (AvgIpc) is 2.44. The Hall–Kier alpha value is -0.860. The average molecular weight is 274 g/mol. The van der Waals surface area contributed by atoms with Crippen LogP contribution in [0.1, 0.15) is 58.1 Å². The van der Waals surface area contributed by atoms with Gasteiger partial charge in [0.1, 0.15) is 0 Å². The number of piperazine rings is 1. The summed E-state index contributed by atoms with van der Waals surface area (Å²) in [6.07, 6.45) is 1.18. The molecule has 1 N–H and O–H groups in total. The second kappa shape index (κ2) is 6.28. The van der Waals surface area contributed by atoms with Gasteiger partial charge in [0.2, 0.25) is 0 Å². The fourth-order valence-electron chi connectivity index (χ4n) is 2.87. The Labute approximate surface area is 124 Å². The fourth-order valence-corrected chi connectivity index (χ4v) is 2.87. The van der Waals surface area contributed by atoms with Gasteiger partial charge in [-0.15, -0.1) is 0 Å². The van der Waals surface area contributed by atoms with E-state index in [-0.39, 0.29) is 5.54 Å². The minimum Gasteiger partial charge on any atom is -0.309 e. The highest BCUT2D eigenvalue weighted by Crippen LogP contribution is 2.22. The molecule has 0 aliphatic carbocycles. The van der Waals surface area contributed by atoms with Crippen molar-refractivity contribution in [3.63, 3.8) is 0 Å². The molecule has 112 valence electrons. The molecule has 1 aliphatic heterocycles. The summed E-state index contributed by atoms with van der Waals surface area (Å²) in [6, 6.07) is 9.78. The van der Waals surface area contributed by atoms with Crippen LogP contribution in [0.15, 0.2) is 24.3 Å². The Kier molecular flexibility index (Phi) is 4.87. The van der Waals surface area contributed by atoms with E-state index in [1.54, 1.807) is 0 Å². The van der Waals surface area contributed by atoms with E-state index in [1.807, 2.05) is 0 Å². The van der Waals surface area contributed by atoms with Crippen molar-refractivity contribution in [2.45, 2.75) is 65.1 Å². The minimum atomic E-state index is 0.268. The van der Waals surface area contributed by atoms with Crippen LogP contribution in [0.2, 0.25) is 0 Å². The first-order valence-electron chi connectivity index (χ1n) is 8.01. The fraction of sp³-hybridized carbons (Fsp3) is 0.667. The SMILES string of the molecule is CCC1(C)CN(Cc2ccc(C(C)C)cc2)C(C)CN1. The van der Waals surface area contributed by atoms with Crippen molar-refractivity contribution in [3.8, 4) is 0 Å². The van der Waals surface area contributed by atoms with E-state index in [1.165, 1.54) is 17.5 Å². The molecular formula is C18H30N2. The maximum absolute atomic E-state index is 3.69. The van der Waals surface area contributed by atoms with Gasteiger partial charge in [-0.25, -0.2) is 0 Å². The zero-order valence-electron chi connectivity index (χ0n) is 13.7. The molecular weight excluding hydrogens is 244 g/mol. The lowest BCUT2D eigenvalue weighted by atomic mass is 9.93. The maximum atomic E-state index is 3.69. The zero-order valence-corrected chi connectivity index (χ0v) is 13.7. The van der Waals surface area contributed by atoms with Gasteiger partial charge in [-0.3, -0.25) is 4.90 Å². The maximum Gasteiger partial charge on any atom is 0.0278 e. The van der Waals surface area contributed by atoms with Gasteiger partial charge >= 0.3 is 0 Å². The molecule has 0 bridgehead atoms. The lowest BCUT2D eigenvalue weighted by Gasteiger charge is -2.45. The van der Waals surface area contributed by atoms with Crippen molar-refractivity contribution in [2.75, 3.05) is 13.1 Å². The van der Waals surface area contributed by atoms with Crippen molar-refractivity contribution in [1.29, 1.82) is 0 Å². The third-order valence-electron chi connectivity index (χ3n) is 4.81. The van der Waals surface area contributed by atoms with Crippen LogP contribution >= 0.6 is 0 Å². The molecule has 0 radical (unpaired) electrons. The molecule has 0 amide bonds. The van der Waals surface area contributed by atoms with Crippen molar-refractivity contribution in [3.05, 3.63) is 35.4 Å². The predicted octanol–water partition coefficient (Wildman–Crippen LogP) is 3.77. The zero-order chi connectivity index (χ0) is 14.8. The first-order valence-corrected chi connectivity index (χ1v) is 8.01. The Morgan fingerprint density at radius 3 is 2.50 bits per heavy atom. The van der Waals surface area contributed by atoms with E-state index in [4.69, 9.17) is 0 Å². The standard InChI is InChI=1S/C18H30N2/c1-6-18(5)13-20(15(4)11-19-18)12-16-7-9-17(10-8-16)14(2)3/h7-10,14-15,19H,6,11-13H2,1-5H3. The van der Waals surface area contributed by atoms with Crippen LogP contribution in [0.3, 0.4) is 0 Å². The quantitative estimate of drug-likeness (QED) is 0.899. The molecule has 2 heteroatoms. The van der Waals surface area contributed by atoms with E-state index in [0.29, 0.717) is 12.0 Å². The first kappa shape index (κ1) is 15.5. The molecule has 0 saturated carbocycles. The molecule has 20 heavy (non-hydrogen) atoms. The van der Waals surface area contributed by atoms with Crippen LogP contribution in [-0.2, 0) is 6.54 Å². The number of nitrogens with zero attached hydrogens (tertiary/aromatic N) is 1. The minimum absolute atomic E-state index is 0.268. The second-order valence-corrected chi connectivity index (χ2v) is 6.95. The van der Waals surface area contributed by atoms with Gasteiger partial charge in [-0.05, 0) is 37.3 Å². The molecule has 0 aromatic heterocycles. The summed E-state index contributed by atoms with van der Waals surface area (Å²) in [5, 5.41) is 3.69. The lowest BCUT2D eigenvalue weighted by molar-refractivity contribution is 0.0866. The van der Waals surface area contributed by atoms with Crippen molar-refractivity contribution in [1.82, 2.24) is 10.2 Å². The first-order chi connectivity index (χ1) is 9.43. The topological polar surface area (TPSA) is 15.3 Å². The number of hydrogen-bond acceptors (Lipinski definition) is 2. The van der Waals surface area contributed by atoms with Gasteiger partial charge in [0.25, 0.3) is 0 Å². The van der Waals surface area contributed by atoms with Gasteiger partial charge in [0, 0.05) is 31.2 Å². The molecule has 1 aromatic carbocycles. The monoisotopic (exact) mass is 274 g/mol. The van der Waals surface area contributed by atoms with Crippen molar-refractivity contribution in [2.24, 2.45) is 0 Å². The molecule has 1 aliphatic rings. The smallest absolute Gasteiger partial charge is 0.0278 e. The summed E-state index contributed by atoms with van der Waals surface area (Å²) < 4.78 is 0. The predicted molar refractivity (Wildman–Crippen MR) is 87.1 cm³/mol. The normalized spacial score (nSPS) is 28.0. The highest BCUT2D eigenvalue weighted by Gasteiger charge is 2.32. The number of rotatable bonds is 4. The largest absolute Gasteiger partial charge is 0.309 e. The van der Waals surface area contributed by atoms with Crippen LogP contribution in [0.4, 0.5) is 0 Å². The second-order valence-electron chi connectivity index (χ2n) is 6.95. The van der Waals surface area contributed by atoms with Crippen LogP contribution in [0.5, 0.6) is 0 Å². The Bertz CT molecular complexity index is 424. The highest BCUT2D eigenvalue weighted by atomic mass is 15.2. The van der Waals surface area contributed by atoms with Gasteiger partial charge < -0.3 is 5.32 Å². The Morgan fingerprint density at radius 1 is 1.30 bits per heavy atom. The summed E-state index contributed by atoms with van der Waals surface area (Å²) in [5.41, 5.74) is 3.13. The van der Waals surface area contributed by atoms with Gasteiger partial charge in [-0.2, -0.15) is 0 Å². The summed E-state index contributed by atoms with van der Waals surface area (Å²) in [4.78, 5) is 2.62. The van der Waals surface area contributed by atoms with Crippen LogP contribution in [0, 0.1) is 0 Å². The number of benzene rings is 1. The molecule has 2 atom stereocenters. The summed E-state index contributed by atoms with van der Waals surface area (Å²) in [7, 11) is 0. The van der Waals surface area contributed by atoms with E-state index in [9.17, 15) is 0 Å². The molecule has 0 spiro atoms. The highest BCUT2D eigenvalue weighted by molar-refractivity contribution is 5.24. The Morgan fingerprint density at radius 2 is 1.95 bits per heavy atom. The van der Waals surface area contributed by atoms with E-state index in [0.717, 1.165) is 19.6 Å². The van der Waals surface area contributed by atoms with Gasteiger partial charge in [0.05, 0.1) is 0 Å². The van der Waals surface area contributed by atoms with Crippen LogP contribution < -0.4 is 5.32 Å². The van der Waals surface area contributed by atoms with Crippen LogP contribution in [-0.4, -0.2) is 29.6 Å². The van der Waals surface area contributed by atoms with E-state index in [2.05, 4.69) is 69.1 Å². The van der Waals surface area contributed by atoms with Gasteiger partial charge in [0.15, 0.2) is 0 Å². The molecule has 2 unspecified atom stereocenters.